The summed E-state index contributed by atoms with van der Waals surface area (Å²) in [7, 11) is -0.408. The van der Waals surface area contributed by atoms with E-state index in [9.17, 15) is 18.0 Å². The second-order valence-electron chi connectivity index (χ2n) is 10.9. The van der Waals surface area contributed by atoms with Gasteiger partial charge in [0.25, 0.3) is 5.91 Å². The molecule has 0 bridgehead atoms. The highest BCUT2D eigenvalue weighted by molar-refractivity contribution is 7.89. The third-order valence-electron chi connectivity index (χ3n) is 8.07. The smallest absolute Gasteiger partial charge is 0.283 e. The summed E-state index contributed by atoms with van der Waals surface area (Å²) in [6.45, 7) is 1.61. The number of likely N-dealkylation sites (N-methyl/N-ethyl adjacent to an activating group) is 1. The lowest BCUT2D eigenvalue weighted by Gasteiger charge is -2.39. The number of benzene rings is 3. The Labute approximate surface area is 265 Å². The topological polar surface area (TPSA) is 112 Å². The Balaban J connectivity index is 1.28. The molecule has 13 heteroatoms. The van der Waals surface area contributed by atoms with E-state index in [-0.39, 0.29) is 37.0 Å². The number of carbonyl (C=O) groups excluding carboxylic acids is 2. The molecule has 1 aromatic heterocycles. The maximum atomic E-state index is 13.9. The first-order chi connectivity index (χ1) is 21.1. The molecule has 2 amide bonds. The van der Waals surface area contributed by atoms with E-state index in [0.29, 0.717) is 22.3 Å². The summed E-state index contributed by atoms with van der Waals surface area (Å²) in [5.41, 5.74) is 1.67. The van der Waals surface area contributed by atoms with Crippen molar-refractivity contribution in [1.29, 1.82) is 0 Å². The molecular weight excluding hydrogens is 622 g/mol. The van der Waals surface area contributed by atoms with Crippen LogP contribution >= 0.6 is 22.9 Å². The Morgan fingerprint density at radius 2 is 1.84 bits per heavy atom. The van der Waals surface area contributed by atoms with Gasteiger partial charge in [-0.15, -0.1) is 11.3 Å². The number of amides is 2. The van der Waals surface area contributed by atoms with E-state index in [2.05, 4.69) is 15.2 Å². The Hall–Kier alpha value is -3.55. The number of aromatic nitrogens is 1. The lowest BCUT2D eigenvalue weighted by atomic mass is 10.1. The second kappa shape index (κ2) is 12.4. The molecule has 1 atom stereocenters. The number of piperazine rings is 1. The van der Waals surface area contributed by atoms with Crippen molar-refractivity contribution in [2.45, 2.75) is 30.4 Å². The predicted octanol–water partition coefficient (Wildman–Crippen LogP) is 3.78. The summed E-state index contributed by atoms with van der Waals surface area (Å²) in [6.07, 6.45) is 0.752. The van der Waals surface area contributed by atoms with Crippen LogP contribution in [-0.4, -0.2) is 85.7 Å². The highest BCUT2D eigenvalue weighted by Gasteiger charge is 2.41. The van der Waals surface area contributed by atoms with Crippen molar-refractivity contribution in [3.8, 4) is 5.75 Å². The lowest BCUT2D eigenvalue weighted by molar-refractivity contribution is -0.127. The van der Waals surface area contributed by atoms with Gasteiger partial charge in [0.1, 0.15) is 11.8 Å². The number of sulfonamides is 1. The molecule has 44 heavy (non-hydrogen) atoms. The number of rotatable bonds is 7. The number of para-hydroxylation sites is 1. The predicted molar refractivity (Wildman–Crippen MR) is 170 cm³/mol. The van der Waals surface area contributed by atoms with Crippen molar-refractivity contribution >= 4 is 55.5 Å². The third-order valence-corrected chi connectivity index (χ3v) is 11.2. The number of nitrogens with zero attached hydrogens (tertiary/aromatic N) is 4. The molecule has 1 unspecified atom stereocenters. The van der Waals surface area contributed by atoms with Gasteiger partial charge in [0.2, 0.25) is 15.9 Å². The highest BCUT2D eigenvalue weighted by atomic mass is 35.5. The lowest BCUT2D eigenvalue weighted by Crippen LogP contribution is -2.61. The van der Waals surface area contributed by atoms with Gasteiger partial charge in [-0.25, -0.2) is 13.4 Å². The molecule has 4 aromatic rings. The molecule has 1 fully saturated rings. The van der Waals surface area contributed by atoms with E-state index in [1.807, 2.05) is 25.2 Å². The van der Waals surface area contributed by atoms with Gasteiger partial charge in [-0.2, -0.15) is 4.31 Å². The van der Waals surface area contributed by atoms with Crippen LogP contribution in [0.4, 0.5) is 0 Å². The number of methoxy groups -OCH3 is 1. The van der Waals surface area contributed by atoms with Crippen molar-refractivity contribution in [2.24, 2.45) is 0 Å². The van der Waals surface area contributed by atoms with Crippen LogP contribution in [0, 0.1) is 0 Å². The van der Waals surface area contributed by atoms with Crippen LogP contribution in [0.2, 0.25) is 5.02 Å². The van der Waals surface area contributed by atoms with E-state index >= 15 is 0 Å². The van der Waals surface area contributed by atoms with Crippen LogP contribution in [0.15, 0.2) is 65.6 Å². The minimum atomic E-state index is -3.99. The maximum Gasteiger partial charge on any atom is 0.283 e. The van der Waals surface area contributed by atoms with Crippen molar-refractivity contribution < 1.29 is 22.7 Å². The quantitative estimate of drug-likeness (QED) is 0.323. The summed E-state index contributed by atoms with van der Waals surface area (Å²) in [6, 6.07) is 16.4. The normalized spacial score (nSPS) is 17.8. The molecule has 3 aromatic carbocycles. The average Bonchev–Trinajstić information content (AvgIpc) is 3.46. The van der Waals surface area contributed by atoms with Gasteiger partial charge in [0.05, 0.1) is 17.7 Å². The number of nitrogens with one attached hydrogen (secondary N) is 1. The van der Waals surface area contributed by atoms with E-state index < -0.39 is 22.0 Å². The molecule has 0 spiro atoms. The molecule has 6 rings (SSSR count). The highest BCUT2D eigenvalue weighted by Crippen LogP contribution is 2.29. The van der Waals surface area contributed by atoms with Crippen molar-refractivity contribution in [3.63, 3.8) is 0 Å². The van der Waals surface area contributed by atoms with Gasteiger partial charge >= 0.3 is 0 Å². The SMILES string of the molecule is COc1ccccc1CNC(=O)C1CN(S(=O)(=O)c2ccc3cc(Cl)ccc3c2)CCN1C(=O)c1nc2c(s1)CN(C)CC2. The number of ether oxygens (including phenoxy) is 1. The molecule has 1 N–H and O–H groups in total. The van der Waals surface area contributed by atoms with Gasteiger partial charge in [0.15, 0.2) is 5.01 Å². The Kier molecular flexibility index (Phi) is 8.62. The third kappa shape index (κ3) is 6.04. The fourth-order valence-corrected chi connectivity index (χ4v) is 8.43. The van der Waals surface area contributed by atoms with Gasteiger partial charge < -0.3 is 19.9 Å². The number of hydrogen-bond acceptors (Lipinski definition) is 8. The van der Waals surface area contributed by atoms with Crippen molar-refractivity contribution in [3.05, 3.63) is 86.8 Å². The number of hydrogen-bond donors (Lipinski definition) is 1. The van der Waals surface area contributed by atoms with Crippen molar-refractivity contribution in [1.82, 2.24) is 24.4 Å². The molecule has 10 nitrogen and oxygen atoms in total. The Morgan fingerprint density at radius 1 is 1.07 bits per heavy atom. The summed E-state index contributed by atoms with van der Waals surface area (Å²) < 4.78 is 34.4. The molecule has 230 valence electrons. The number of halogens is 1. The molecule has 3 heterocycles. The molecular formula is C31H32ClN5O5S2. The first kappa shape index (κ1) is 30.5. The monoisotopic (exact) mass is 653 g/mol. The zero-order valence-corrected chi connectivity index (χ0v) is 26.7. The molecule has 0 aliphatic carbocycles. The van der Waals surface area contributed by atoms with Crippen LogP contribution < -0.4 is 10.1 Å². The molecule has 2 aliphatic rings. The second-order valence-corrected chi connectivity index (χ2v) is 14.4. The number of thiazole rings is 1. The summed E-state index contributed by atoms with van der Waals surface area (Å²) in [5, 5.41) is 5.33. The van der Waals surface area contributed by atoms with E-state index in [0.717, 1.165) is 39.9 Å². The fourth-order valence-electron chi connectivity index (χ4n) is 5.63. The van der Waals surface area contributed by atoms with Crippen LogP contribution in [0.25, 0.3) is 10.8 Å². The zero-order chi connectivity index (χ0) is 31.0. The van der Waals surface area contributed by atoms with Crippen LogP contribution in [0.5, 0.6) is 5.75 Å². The van der Waals surface area contributed by atoms with E-state index in [4.69, 9.17) is 16.3 Å². The fraction of sp³-hybridized carbons (Fsp3) is 0.323. The van der Waals surface area contributed by atoms with E-state index in [1.165, 1.54) is 20.5 Å². The largest absolute Gasteiger partial charge is 0.496 e. The molecule has 1 saturated heterocycles. The number of fused-ring (bicyclic) bond motifs is 2. The zero-order valence-electron chi connectivity index (χ0n) is 24.3. The van der Waals surface area contributed by atoms with Crippen molar-refractivity contribution in [2.75, 3.05) is 40.3 Å². The standard InChI is InChI=1S/C31H32ClN5O5S2/c1-35-12-11-25-28(19-35)43-30(34-25)31(39)37-14-13-36(18-26(37)29(38)33-17-22-5-3-4-6-27(22)42-2)44(40,41)24-10-8-20-15-23(32)9-7-21(20)16-24/h3-10,15-16,26H,11-14,17-19H2,1-2H3,(H,33,38). The van der Waals surface area contributed by atoms with Gasteiger partial charge in [-0.3, -0.25) is 9.59 Å². The molecule has 0 saturated carbocycles. The minimum Gasteiger partial charge on any atom is -0.496 e. The summed E-state index contributed by atoms with van der Waals surface area (Å²) >= 11 is 7.45. The summed E-state index contributed by atoms with van der Waals surface area (Å²) in [5.74, 6) is -0.216. The number of carbonyl (C=O) groups is 2. The van der Waals surface area contributed by atoms with Gasteiger partial charge in [0, 0.05) is 61.2 Å². The first-order valence-electron chi connectivity index (χ1n) is 14.2. The Bertz CT molecular complexity index is 1850. The first-order valence-corrected chi connectivity index (χ1v) is 16.8. The Morgan fingerprint density at radius 3 is 2.66 bits per heavy atom. The molecule has 0 radical (unpaired) electrons. The van der Waals surface area contributed by atoms with Crippen LogP contribution in [0.1, 0.15) is 25.9 Å². The van der Waals surface area contributed by atoms with E-state index in [1.54, 1.807) is 49.6 Å². The average molecular weight is 654 g/mol. The molecule has 2 aliphatic heterocycles. The van der Waals surface area contributed by atoms with Gasteiger partial charge in [-0.05, 0) is 48.2 Å². The van der Waals surface area contributed by atoms with Gasteiger partial charge in [-0.1, -0.05) is 41.9 Å². The van der Waals surface area contributed by atoms with Crippen LogP contribution in [-0.2, 0) is 34.3 Å². The maximum absolute atomic E-state index is 13.9. The summed E-state index contributed by atoms with van der Waals surface area (Å²) in [4.78, 5) is 37.1. The van der Waals surface area contributed by atoms with Crippen LogP contribution in [0.3, 0.4) is 0 Å². The minimum absolute atomic E-state index is 0.0385.